The highest BCUT2D eigenvalue weighted by atomic mass is 35.5. The lowest BCUT2D eigenvalue weighted by Gasteiger charge is -2.05. The third-order valence-corrected chi connectivity index (χ3v) is 3.12. The Balaban J connectivity index is 1.98. The van der Waals surface area contributed by atoms with Gasteiger partial charge >= 0.3 is 0 Å². The molecule has 0 aromatic heterocycles. The largest absolute Gasteiger partial charge is 0.323 e. The van der Waals surface area contributed by atoms with Crippen molar-refractivity contribution in [1.82, 2.24) is 5.32 Å². The van der Waals surface area contributed by atoms with Crippen LogP contribution in [0.2, 0.25) is 5.02 Å². The minimum Gasteiger partial charge on any atom is -0.323 e. The van der Waals surface area contributed by atoms with Crippen LogP contribution in [-0.4, -0.2) is 13.0 Å². The van der Waals surface area contributed by atoms with Gasteiger partial charge in [-0.1, -0.05) is 35.9 Å². The number of rotatable bonds is 5. The van der Waals surface area contributed by atoms with E-state index < -0.39 is 0 Å². The van der Waals surface area contributed by atoms with Gasteiger partial charge in [0, 0.05) is 23.3 Å². The van der Waals surface area contributed by atoms with Crippen LogP contribution in [0, 0.1) is 0 Å². The van der Waals surface area contributed by atoms with Crippen LogP contribution in [0.25, 0.3) is 6.08 Å². The fraction of sp³-hybridized carbons (Fsp3) is 0.118. The predicted octanol–water partition coefficient (Wildman–Crippen LogP) is 3.71. The van der Waals surface area contributed by atoms with E-state index in [2.05, 4.69) is 10.6 Å². The molecular formula is C17H17ClN2O. The van der Waals surface area contributed by atoms with Gasteiger partial charge in [0.05, 0.1) is 0 Å². The maximum Gasteiger partial charge on any atom is 0.248 e. The number of halogens is 1. The van der Waals surface area contributed by atoms with Gasteiger partial charge in [0.1, 0.15) is 0 Å². The fourth-order valence-corrected chi connectivity index (χ4v) is 2.02. The zero-order chi connectivity index (χ0) is 15.1. The molecule has 0 bridgehead atoms. The van der Waals surface area contributed by atoms with Crippen molar-refractivity contribution in [3.05, 3.63) is 70.8 Å². The molecule has 0 fully saturated rings. The molecule has 0 radical (unpaired) electrons. The van der Waals surface area contributed by atoms with E-state index in [9.17, 15) is 4.79 Å². The molecule has 3 nitrogen and oxygen atoms in total. The molecule has 4 heteroatoms. The van der Waals surface area contributed by atoms with E-state index in [0.717, 1.165) is 23.4 Å². The Morgan fingerprint density at radius 2 is 1.95 bits per heavy atom. The van der Waals surface area contributed by atoms with Gasteiger partial charge in [-0.2, -0.15) is 0 Å². The van der Waals surface area contributed by atoms with Crippen molar-refractivity contribution in [3.63, 3.8) is 0 Å². The summed E-state index contributed by atoms with van der Waals surface area (Å²) in [5.41, 5.74) is 2.84. The highest BCUT2D eigenvalue weighted by Crippen LogP contribution is 2.12. The summed E-state index contributed by atoms with van der Waals surface area (Å²) in [6.45, 7) is 0.768. The third kappa shape index (κ3) is 5.06. The summed E-state index contributed by atoms with van der Waals surface area (Å²) < 4.78 is 0. The monoisotopic (exact) mass is 300 g/mol. The zero-order valence-corrected chi connectivity index (χ0v) is 12.5. The normalized spacial score (nSPS) is 10.8. The van der Waals surface area contributed by atoms with Gasteiger partial charge < -0.3 is 10.6 Å². The second kappa shape index (κ2) is 7.62. The summed E-state index contributed by atoms with van der Waals surface area (Å²) in [4.78, 5) is 11.9. The topological polar surface area (TPSA) is 41.1 Å². The van der Waals surface area contributed by atoms with E-state index in [1.54, 1.807) is 18.2 Å². The molecule has 2 aromatic rings. The average molecular weight is 301 g/mol. The zero-order valence-electron chi connectivity index (χ0n) is 11.8. The Labute approximate surface area is 129 Å². The van der Waals surface area contributed by atoms with Crippen LogP contribution < -0.4 is 10.6 Å². The number of amides is 1. The van der Waals surface area contributed by atoms with Crippen molar-refractivity contribution in [2.24, 2.45) is 0 Å². The van der Waals surface area contributed by atoms with Gasteiger partial charge in [-0.15, -0.1) is 0 Å². The minimum atomic E-state index is -0.161. The minimum absolute atomic E-state index is 0.161. The van der Waals surface area contributed by atoms with Crippen LogP contribution in [-0.2, 0) is 11.3 Å². The molecule has 0 unspecified atom stereocenters. The van der Waals surface area contributed by atoms with Crippen molar-refractivity contribution >= 4 is 29.3 Å². The number of hydrogen-bond donors (Lipinski definition) is 2. The van der Waals surface area contributed by atoms with Crippen molar-refractivity contribution < 1.29 is 4.79 Å². The van der Waals surface area contributed by atoms with Gasteiger partial charge in [-0.3, -0.25) is 4.79 Å². The molecule has 0 spiro atoms. The maximum absolute atomic E-state index is 11.9. The van der Waals surface area contributed by atoms with Crippen molar-refractivity contribution in [3.8, 4) is 0 Å². The number of benzene rings is 2. The summed E-state index contributed by atoms with van der Waals surface area (Å²) in [5.74, 6) is -0.161. The predicted molar refractivity (Wildman–Crippen MR) is 88.3 cm³/mol. The Kier molecular flexibility index (Phi) is 5.55. The van der Waals surface area contributed by atoms with Crippen molar-refractivity contribution in [2.45, 2.75) is 6.54 Å². The second-order valence-electron chi connectivity index (χ2n) is 4.60. The molecule has 0 saturated heterocycles. The lowest BCUT2D eigenvalue weighted by Crippen LogP contribution is -2.09. The Morgan fingerprint density at radius 1 is 1.19 bits per heavy atom. The van der Waals surface area contributed by atoms with Crippen LogP contribution in [0.15, 0.2) is 54.6 Å². The summed E-state index contributed by atoms with van der Waals surface area (Å²) in [5, 5.41) is 6.60. The molecule has 0 atom stereocenters. The lowest BCUT2D eigenvalue weighted by atomic mass is 10.2. The number of hydrogen-bond acceptors (Lipinski definition) is 2. The highest BCUT2D eigenvalue weighted by Gasteiger charge is 1.99. The van der Waals surface area contributed by atoms with E-state index in [-0.39, 0.29) is 5.91 Å². The Morgan fingerprint density at radius 3 is 2.67 bits per heavy atom. The first-order valence-electron chi connectivity index (χ1n) is 6.65. The van der Waals surface area contributed by atoms with Gasteiger partial charge in [0.15, 0.2) is 0 Å². The first-order chi connectivity index (χ1) is 10.2. The molecule has 21 heavy (non-hydrogen) atoms. The average Bonchev–Trinajstić information content (AvgIpc) is 2.47. The van der Waals surface area contributed by atoms with Gasteiger partial charge in [-0.25, -0.2) is 0 Å². The van der Waals surface area contributed by atoms with E-state index >= 15 is 0 Å². The van der Waals surface area contributed by atoms with Crippen LogP contribution in [0.3, 0.4) is 0 Å². The summed E-state index contributed by atoms with van der Waals surface area (Å²) >= 11 is 5.81. The molecule has 1 amide bonds. The second-order valence-corrected chi connectivity index (χ2v) is 5.04. The standard InChI is InChI=1S/C17H17ClN2O/c1-19-12-14-3-2-4-16(11-14)20-17(21)10-7-13-5-8-15(18)9-6-13/h2-11,19H,12H2,1H3,(H,20,21)/b10-7+. The molecule has 2 rings (SSSR count). The molecule has 0 heterocycles. The molecule has 0 aliphatic carbocycles. The maximum atomic E-state index is 11.9. The van der Waals surface area contributed by atoms with Crippen molar-refractivity contribution in [1.29, 1.82) is 0 Å². The first-order valence-corrected chi connectivity index (χ1v) is 7.03. The lowest BCUT2D eigenvalue weighted by molar-refractivity contribution is -0.111. The first kappa shape index (κ1) is 15.3. The molecule has 108 valence electrons. The molecular weight excluding hydrogens is 284 g/mol. The van der Waals surface area contributed by atoms with Crippen LogP contribution in [0.1, 0.15) is 11.1 Å². The van der Waals surface area contributed by atoms with Gasteiger partial charge in [0.25, 0.3) is 0 Å². The Hall–Kier alpha value is -2.10. The molecule has 0 saturated carbocycles. The van der Waals surface area contributed by atoms with Gasteiger partial charge in [-0.05, 0) is 48.5 Å². The SMILES string of the molecule is CNCc1cccc(NC(=O)/C=C/c2ccc(Cl)cc2)c1. The Bertz CT molecular complexity index is 635. The highest BCUT2D eigenvalue weighted by molar-refractivity contribution is 6.30. The summed E-state index contributed by atoms with van der Waals surface area (Å²) in [7, 11) is 1.89. The number of carbonyl (C=O) groups is 1. The van der Waals surface area contributed by atoms with Crippen molar-refractivity contribution in [2.75, 3.05) is 12.4 Å². The van der Waals surface area contributed by atoms with Gasteiger partial charge in [0.2, 0.25) is 5.91 Å². The van der Waals surface area contributed by atoms with E-state index in [1.165, 1.54) is 6.08 Å². The van der Waals surface area contributed by atoms with Crippen LogP contribution in [0.4, 0.5) is 5.69 Å². The third-order valence-electron chi connectivity index (χ3n) is 2.87. The van der Waals surface area contributed by atoms with Crippen LogP contribution in [0.5, 0.6) is 0 Å². The number of anilines is 1. The molecule has 0 aliphatic rings. The van der Waals surface area contributed by atoms with E-state index in [1.807, 2.05) is 43.4 Å². The van der Waals surface area contributed by atoms with Crippen LogP contribution >= 0.6 is 11.6 Å². The molecule has 0 aliphatic heterocycles. The van der Waals surface area contributed by atoms with E-state index in [4.69, 9.17) is 11.6 Å². The quantitative estimate of drug-likeness (QED) is 0.827. The molecule has 2 N–H and O–H groups in total. The molecule has 2 aromatic carbocycles. The summed E-state index contributed by atoms with van der Waals surface area (Å²) in [6, 6.07) is 15.1. The fourth-order valence-electron chi connectivity index (χ4n) is 1.89. The number of nitrogens with one attached hydrogen (secondary N) is 2. The smallest absolute Gasteiger partial charge is 0.248 e. The number of carbonyl (C=O) groups excluding carboxylic acids is 1. The summed E-state index contributed by atoms with van der Waals surface area (Å²) in [6.07, 6.45) is 3.26. The van der Waals surface area contributed by atoms with E-state index in [0.29, 0.717) is 5.02 Å².